The van der Waals surface area contributed by atoms with E-state index in [4.69, 9.17) is 4.74 Å². The summed E-state index contributed by atoms with van der Waals surface area (Å²) in [4.78, 5) is 27.5. The van der Waals surface area contributed by atoms with Gasteiger partial charge in [0.1, 0.15) is 11.6 Å². The van der Waals surface area contributed by atoms with Crippen LogP contribution in [0.5, 0.6) is 0 Å². The zero-order chi connectivity index (χ0) is 19.1. The molecule has 7 nitrogen and oxygen atoms in total. The number of carbonyl (C=O) groups is 2. The van der Waals surface area contributed by atoms with E-state index in [1.54, 1.807) is 11.1 Å². The van der Waals surface area contributed by atoms with E-state index in [0.717, 1.165) is 5.56 Å². The maximum absolute atomic E-state index is 12.5. The van der Waals surface area contributed by atoms with Crippen LogP contribution in [0.15, 0.2) is 36.0 Å². The zero-order valence-corrected chi connectivity index (χ0v) is 15.4. The molecule has 1 aromatic rings. The van der Waals surface area contributed by atoms with Crippen LogP contribution in [0.3, 0.4) is 0 Å². The lowest BCUT2D eigenvalue weighted by atomic mass is 10.0. The molecule has 0 saturated carbocycles. The second-order valence-electron chi connectivity index (χ2n) is 6.34. The van der Waals surface area contributed by atoms with E-state index < -0.39 is 5.91 Å². The Hall–Kier alpha value is -3.01. The highest BCUT2D eigenvalue weighted by atomic mass is 16.5. The molecule has 0 atom stereocenters. The lowest BCUT2D eigenvalue weighted by Crippen LogP contribution is -2.47. The first-order chi connectivity index (χ1) is 12.5. The number of nitriles is 1. The molecule has 1 heterocycles. The summed E-state index contributed by atoms with van der Waals surface area (Å²) in [6.07, 6.45) is 1.19. The van der Waals surface area contributed by atoms with Gasteiger partial charge in [-0.15, -0.1) is 0 Å². The summed E-state index contributed by atoms with van der Waals surface area (Å²) in [7, 11) is 1.35. The molecular formula is C19H24N4O3. The number of methoxy groups -OCH3 is 1. The van der Waals surface area contributed by atoms with Crippen molar-refractivity contribution in [1.82, 2.24) is 9.80 Å². The SMILES string of the molecule is COC(=O)N1CCN(/C=C(/C#N)C(=O)Nc2ccccc2C(C)C)CC1. The van der Waals surface area contributed by atoms with Gasteiger partial charge >= 0.3 is 6.09 Å². The second-order valence-corrected chi connectivity index (χ2v) is 6.34. The Kier molecular flexibility index (Phi) is 6.61. The molecule has 2 amide bonds. The number of nitrogens with zero attached hydrogens (tertiary/aromatic N) is 3. The van der Waals surface area contributed by atoms with Gasteiger partial charge in [0.15, 0.2) is 0 Å². The van der Waals surface area contributed by atoms with Crippen molar-refractivity contribution in [1.29, 1.82) is 5.26 Å². The molecule has 0 bridgehead atoms. The van der Waals surface area contributed by atoms with Gasteiger partial charge in [0.2, 0.25) is 0 Å². The number of nitrogens with one attached hydrogen (secondary N) is 1. The Bertz CT molecular complexity index is 729. The second kappa shape index (κ2) is 8.90. The van der Waals surface area contributed by atoms with Crippen molar-refractivity contribution in [2.45, 2.75) is 19.8 Å². The first kappa shape index (κ1) is 19.3. The third-order valence-corrected chi connectivity index (χ3v) is 4.25. The predicted molar refractivity (Wildman–Crippen MR) is 98.4 cm³/mol. The first-order valence-corrected chi connectivity index (χ1v) is 8.55. The summed E-state index contributed by atoms with van der Waals surface area (Å²) < 4.78 is 4.70. The number of benzene rings is 1. The van der Waals surface area contributed by atoms with Crippen LogP contribution in [0.25, 0.3) is 0 Å². The third kappa shape index (κ3) is 4.76. The monoisotopic (exact) mass is 356 g/mol. The normalized spacial score (nSPS) is 14.8. The van der Waals surface area contributed by atoms with Crippen molar-refractivity contribution in [2.24, 2.45) is 0 Å². The molecule has 0 spiro atoms. The van der Waals surface area contributed by atoms with E-state index in [2.05, 4.69) is 5.32 Å². The van der Waals surface area contributed by atoms with E-state index in [0.29, 0.717) is 31.9 Å². The van der Waals surface area contributed by atoms with Crippen molar-refractivity contribution in [3.63, 3.8) is 0 Å². The van der Waals surface area contributed by atoms with E-state index in [-0.39, 0.29) is 17.6 Å². The number of carbonyl (C=O) groups excluding carboxylic acids is 2. The molecular weight excluding hydrogens is 332 g/mol. The Morgan fingerprint density at radius 2 is 1.88 bits per heavy atom. The van der Waals surface area contributed by atoms with Crippen LogP contribution in [-0.2, 0) is 9.53 Å². The molecule has 0 aromatic heterocycles. The maximum atomic E-state index is 12.5. The lowest BCUT2D eigenvalue weighted by Gasteiger charge is -2.33. The highest BCUT2D eigenvalue weighted by Gasteiger charge is 2.21. The minimum Gasteiger partial charge on any atom is -0.453 e. The van der Waals surface area contributed by atoms with Crippen LogP contribution in [-0.4, -0.2) is 55.1 Å². The summed E-state index contributed by atoms with van der Waals surface area (Å²) in [5.74, 6) is -0.177. The smallest absolute Gasteiger partial charge is 0.409 e. The van der Waals surface area contributed by atoms with Gasteiger partial charge in [-0.05, 0) is 17.5 Å². The fraction of sp³-hybridized carbons (Fsp3) is 0.421. The largest absolute Gasteiger partial charge is 0.453 e. The minimum atomic E-state index is -0.434. The summed E-state index contributed by atoms with van der Waals surface area (Å²) >= 11 is 0. The molecule has 138 valence electrons. The number of hydrogen-bond donors (Lipinski definition) is 1. The minimum absolute atomic E-state index is 0.0371. The van der Waals surface area contributed by atoms with Crippen molar-refractivity contribution in [3.8, 4) is 6.07 Å². The van der Waals surface area contributed by atoms with Crippen LogP contribution in [0.4, 0.5) is 10.5 Å². The van der Waals surface area contributed by atoms with E-state index in [9.17, 15) is 14.9 Å². The number of anilines is 1. The number of hydrogen-bond acceptors (Lipinski definition) is 5. The fourth-order valence-electron chi connectivity index (χ4n) is 2.79. The Labute approximate surface area is 153 Å². The van der Waals surface area contributed by atoms with Gasteiger partial charge < -0.3 is 19.9 Å². The van der Waals surface area contributed by atoms with E-state index in [1.807, 2.05) is 49.1 Å². The fourth-order valence-corrected chi connectivity index (χ4v) is 2.79. The maximum Gasteiger partial charge on any atom is 0.409 e. The zero-order valence-electron chi connectivity index (χ0n) is 15.4. The summed E-state index contributed by atoms with van der Waals surface area (Å²) in [5, 5.41) is 12.2. The number of piperazine rings is 1. The van der Waals surface area contributed by atoms with Crippen molar-refractivity contribution < 1.29 is 14.3 Å². The lowest BCUT2D eigenvalue weighted by molar-refractivity contribution is -0.112. The topological polar surface area (TPSA) is 85.7 Å². The number of amides is 2. The highest BCUT2D eigenvalue weighted by Crippen LogP contribution is 2.24. The number of rotatable bonds is 4. The highest BCUT2D eigenvalue weighted by molar-refractivity contribution is 6.06. The van der Waals surface area contributed by atoms with Crippen molar-refractivity contribution >= 4 is 17.7 Å². The van der Waals surface area contributed by atoms with Gasteiger partial charge in [0.05, 0.1) is 7.11 Å². The number of ether oxygens (including phenoxy) is 1. The Morgan fingerprint density at radius 3 is 2.46 bits per heavy atom. The first-order valence-electron chi connectivity index (χ1n) is 8.55. The predicted octanol–water partition coefficient (Wildman–Crippen LogP) is 2.54. The molecule has 0 aliphatic carbocycles. The van der Waals surface area contributed by atoms with Crippen LogP contribution < -0.4 is 5.32 Å². The quantitative estimate of drug-likeness (QED) is 0.662. The van der Waals surface area contributed by atoms with Gasteiger partial charge in [-0.25, -0.2) is 4.79 Å². The molecule has 1 saturated heterocycles. The Morgan fingerprint density at radius 1 is 1.23 bits per heavy atom. The van der Waals surface area contributed by atoms with Crippen LogP contribution in [0.2, 0.25) is 0 Å². The average Bonchev–Trinajstić information content (AvgIpc) is 2.66. The van der Waals surface area contributed by atoms with Gasteiger partial charge in [-0.1, -0.05) is 32.0 Å². The molecule has 2 rings (SSSR count). The average molecular weight is 356 g/mol. The van der Waals surface area contributed by atoms with Gasteiger partial charge in [0, 0.05) is 38.1 Å². The number of para-hydroxylation sites is 1. The molecule has 1 N–H and O–H groups in total. The van der Waals surface area contributed by atoms with Crippen LogP contribution >= 0.6 is 0 Å². The molecule has 1 aromatic carbocycles. The third-order valence-electron chi connectivity index (χ3n) is 4.25. The van der Waals surface area contributed by atoms with Crippen LogP contribution in [0, 0.1) is 11.3 Å². The molecule has 1 aliphatic heterocycles. The molecule has 1 fully saturated rings. The summed E-state index contributed by atoms with van der Waals surface area (Å²) in [5.41, 5.74) is 1.77. The van der Waals surface area contributed by atoms with Gasteiger partial charge in [-0.3, -0.25) is 4.79 Å². The van der Waals surface area contributed by atoms with E-state index >= 15 is 0 Å². The molecule has 0 unspecified atom stereocenters. The van der Waals surface area contributed by atoms with Gasteiger partial charge in [-0.2, -0.15) is 5.26 Å². The molecule has 7 heteroatoms. The Balaban J connectivity index is 2.05. The van der Waals surface area contributed by atoms with Gasteiger partial charge in [0.25, 0.3) is 5.91 Å². The standard InChI is InChI=1S/C19H24N4O3/c1-14(2)16-6-4-5-7-17(16)21-18(24)15(12-20)13-22-8-10-23(11-9-22)19(25)26-3/h4-7,13-14H,8-11H2,1-3H3,(H,21,24)/b15-13-. The van der Waals surface area contributed by atoms with Crippen molar-refractivity contribution in [3.05, 3.63) is 41.6 Å². The summed E-state index contributed by atoms with van der Waals surface area (Å²) in [6, 6.07) is 9.53. The van der Waals surface area contributed by atoms with Crippen LogP contribution in [0.1, 0.15) is 25.3 Å². The molecule has 0 radical (unpaired) electrons. The van der Waals surface area contributed by atoms with E-state index in [1.165, 1.54) is 7.11 Å². The molecule has 1 aliphatic rings. The van der Waals surface area contributed by atoms with Crippen molar-refractivity contribution in [2.75, 3.05) is 38.6 Å². The molecule has 26 heavy (non-hydrogen) atoms. The summed E-state index contributed by atoms with van der Waals surface area (Å²) in [6.45, 7) is 6.14.